The van der Waals surface area contributed by atoms with Crippen LogP contribution < -0.4 is 10.5 Å². The highest BCUT2D eigenvalue weighted by atomic mass is 79.9. The number of amides is 1. The average Bonchev–Trinajstić information content (AvgIpc) is 2.20. The van der Waals surface area contributed by atoms with Gasteiger partial charge in [0.1, 0.15) is 5.75 Å². The van der Waals surface area contributed by atoms with Gasteiger partial charge < -0.3 is 10.5 Å². The lowest BCUT2D eigenvalue weighted by Crippen LogP contribution is -2.24. The molecule has 0 bridgehead atoms. The van der Waals surface area contributed by atoms with Crippen LogP contribution in [0.5, 0.6) is 5.75 Å². The molecule has 1 aromatic rings. The Balaban J connectivity index is 2.61. The van der Waals surface area contributed by atoms with Crippen LogP contribution in [0.2, 0.25) is 0 Å². The summed E-state index contributed by atoms with van der Waals surface area (Å²) >= 11 is 3.11. The van der Waals surface area contributed by atoms with E-state index in [0.717, 1.165) is 5.56 Å². The number of benzene rings is 1. The Labute approximate surface area is 99.7 Å². The van der Waals surface area contributed by atoms with E-state index in [4.69, 9.17) is 5.73 Å². The van der Waals surface area contributed by atoms with Crippen LogP contribution in [0.25, 0.3) is 0 Å². The third-order valence-electron chi connectivity index (χ3n) is 1.87. The van der Waals surface area contributed by atoms with Crippen molar-refractivity contribution < 1.29 is 18.3 Å². The number of nitrogens with two attached hydrogens (primary N) is 1. The van der Waals surface area contributed by atoms with Gasteiger partial charge in [-0.05, 0) is 24.1 Å². The van der Waals surface area contributed by atoms with Gasteiger partial charge in [-0.3, -0.25) is 4.79 Å². The Morgan fingerprint density at radius 2 is 1.94 bits per heavy atom. The Kier molecular flexibility index (Phi) is 4.67. The minimum atomic E-state index is -2.83. The first kappa shape index (κ1) is 12.9. The molecule has 1 amide bonds. The quantitative estimate of drug-likeness (QED) is 0.845. The molecule has 0 saturated carbocycles. The van der Waals surface area contributed by atoms with Crippen LogP contribution in [-0.4, -0.2) is 17.3 Å². The van der Waals surface area contributed by atoms with Gasteiger partial charge in [0.15, 0.2) is 0 Å². The third kappa shape index (κ3) is 4.14. The van der Waals surface area contributed by atoms with Crippen molar-refractivity contribution in [2.24, 2.45) is 5.73 Å². The molecule has 1 unspecified atom stereocenters. The Bertz CT molecular complexity index is 356. The maximum Gasteiger partial charge on any atom is 0.387 e. The number of ether oxygens (including phenoxy) is 1. The molecule has 3 nitrogen and oxygen atoms in total. The molecule has 0 fully saturated rings. The zero-order chi connectivity index (χ0) is 12.1. The van der Waals surface area contributed by atoms with Gasteiger partial charge in [-0.25, -0.2) is 0 Å². The third-order valence-corrected chi connectivity index (χ3v) is 2.65. The van der Waals surface area contributed by atoms with Crippen LogP contribution in [0.1, 0.15) is 5.56 Å². The van der Waals surface area contributed by atoms with Gasteiger partial charge >= 0.3 is 6.61 Å². The molecule has 0 aliphatic heterocycles. The summed E-state index contributed by atoms with van der Waals surface area (Å²) in [5.74, 6) is -0.378. The van der Waals surface area contributed by atoms with E-state index in [0.29, 0.717) is 6.42 Å². The van der Waals surface area contributed by atoms with Crippen molar-refractivity contribution in [2.75, 3.05) is 0 Å². The van der Waals surface area contributed by atoms with Gasteiger partial charge in [0.2, 0.25) is 5.91 Å². The predicted molar refractivity (Wildman–Crippen MR) is 58.7 cm³/mol. The van der Waals surface area contributed by atoms with Crippen LogP contribution in [0.3, 0.4) is 0 Å². The summed E-state index contributed by atoms with van der Waals surface area (Å²) in [6.45, 7) is -2.83. The molecule has 0 radical (unpaired) electrons. The Hall–Kier alpha value is -1.17. The van der Waals surface area contributed by atoms with E-state index >= 15 is 0 Å². The molecule has 0 aliphatic rings. The molecule has 2 N–H and O–H groups in total. The molecular weight excluding hydrogens is 284 g/mol. The molecule has 1 aromatic carbocycles. The van der Waals surface area contributed by atoms with Crippen LogP contribution in [0, 0.1) is 0 Å². The van der Waals surface area contributed by atoms with E-state index in [2.05, 4.69) is 20.7 Å². The van der Waals surface area contributed by atoms with Gasteiger partial charge in [0.25, 0.3) is 0 Å². The molecule has 1 atom stereocenters. The number of hydrogen-bond donors (Lipinski definition) is 1. The second kappa shape index (κ2) is 5.79. The fourth-order valence-electron chi connectivity index (χ4n) is 1.11. The molecule has 0 saturated heterocycles. The minimum absolute atomic E-state index is 0.0870. The number of carbonyl (C=O) groups excluding carboxylic acids is 1. The van der Waals surface area contributed by atoms with Crippen molar-refractivity contribution in [1.29, 1.82) is 0 Å². The SMILES string of the molecule is NC(=O)C(Br)Cc1ccc(OC(F)F)cc1. The van der Waals surface area contributed by atoms with Crippen molar-refractivity contribution >= 4 is 21.8 Å². The van der Waals surface area contributed by atoms with Crippen molar-refractivity contribution in [3.05, 3.63) is 29.8 Å². The maximum absolute atomic E-state index is 11.8. The fraction of sp³-hybridized carbons (Fsp3) is 0.300. The fourth-order valence-corrected chi connectivity index (χ4v) is 1.49. The first-order valence-corrected chi connectivity index (χ1v) is 5.37. The summed E-state index contributed by atoms with van der Waals surface area (Å²) in [4.78, 5) is 10.3. The molecule has 0 spiro atoms. The lowest BCUT2D eigenvalue weighted by atomic mass is 10.1. The zero-order valence-corrected chi connectivity index (χ0v) is 9.78. The number of halogens is 3. The molecule has 88 valence electrons. The molecule has 1 rings (SSSR count). The smallest absolute Gasteiger partial charge is 0.387 e. The molecule has 0 aromatic heterocycles. The summed E-state index contributed by atoms with van der Waals surface area (Å²) < 4.78 is 27.9. The monoisotopic (exact) mass is 293 g/mol. The number of carbonyl (C=O) groups is 1. The van der Waals surface area contributed by atoms with Crippen LogP contribution in [0.15, 0.2) is 24.3 Å². The highest BCUT2D eigenvalue weighted by Gasteiger charge is 2.11. The Morgan fingerprint density at radius 3 is 2.38 bits per heavy atom. The van der Waals surface area contributed by atoms with E-state index in [1.165, 1.54) is 12.1 Å². The number of alkyl halides is 3. The Morgan fingerprint density at radius 1 is 1.38 bits per heavy atom. The second-order valence-electron chi connectivity index (χ2n) is 3.10. The van der Waals surface area contributed by atoms with E-state index in [1.807, 2.05) is 0 Å². The molecule has 0 heterocycles. The highest BCUT2D eigenvalue weighted by Crippen LogP contribution is 2.17. The van der Waals surface area contributed by atoms with Crippen LogP contribution in [-0.2, 0) is 11.2 Å². The van der Waals surface area contributed by atoms with Gasteiger partial charge in [-0.2, -0.15) is 8.78 Å². The molecule has 0 aliphatic carbocycles. The minimum Gasteiger partial charge on any atom is -0.435 e. The van der Waals surface area contributed by atoms with Crippen molar-refractivity contribution in [2.45, 2.75) is 17.9 Å². The standard InChI is InChI=1S/C10H10BrF2NO2/c11-8(9(14)15)5-6-1-3-7(4-2-6)16-10(12)13/h1-4,8,10H,5H2,(H2,14,15). The predicted octanol–water partition coefficient (Wildman–Crippen LogP) is 2.08. The number of primary amides is 1. The van der Waals surface area contributed by atoms with Crippen molar-refractivity contribution in [3.63, 3.8) is 0 Å². The lowest BCUT2D eigenvalue weighted by molar-refractivity contribution is -0.117. The first-order chi connectivity index (χ1) is 7.49. The molecule has 16 heavy (non-hydrogen) atoms. The van der Waals surface area contributed by atoms with Crippen molar-refractivity contribution in [1.82, 2.24) is 0 Å². The lowest BCUT2D eigenvalue weighted by Gasteiger charge is -2.07. The van der Waals surface area contributed by atoms with E-state index in [9.17, 15) is 13.6 Å². The normalized spacial score (nSPS) is 12.5. The largest absolute Gasteiger partial charge is 0.435 e. The van der Waals surface area contributed by atoms with Gasteiger partial charge in [0.05, 0.1) is 4.83 Å². The van der Waals surface area contributed by atoms with Crippen LogP contribution in [0.4, 0.5) is 8.78 Å². The number of hydrogen-bond acceptors (Lipinski definition) is 2. The maximum atomic E-state index is 11.8. The highest BCUT2D eigenvalue weighted by molar-refractivity contribution is 9.10. The molecule has 6 heteroatoms. The first-order valence-electron chi connectivity index (χ1n) is 4.46. The van der Waals surface area contributed by atoms with Gasteiger partial charge in [0, 0.05) is 0 Å². The second-order valence-corrected chi connectivity index (χ2v) is 4.20. The summed E-state index contributed by atoms with van der Waals surface area (Å²) in [5, 5.41) is 0. The summed E-state index contributed by atoms with van der Waals surface area (Å²) in [5.41, 5.74) is 5.88. The van der Waals surface area contributed by atoms with E-state index < -0.39 is 17.3 Å². The molecular formula is C10H10BrF2NO2. The number of rotatable bonds is 5. The van der Waals surface area contributed by atoms with E-state index in [1.54, 1.807) is 12.1 Å². The average molecular weight is 294 g/mol. The topological polar surface area (TPSA) is 52.3 Å². The van der Waals surface area contributed by atoms with Crippen molar-refractivity contribution in [3.8, 4) is 5.75 Å². The van der Waals surface area contributed by atoms with Crippen LogP contribution >= 0.6 is 15.9 Å². The zero-order valence-electron chi connectivity index (χ0n) is 8.20. The van der Waals surface area contributed by atoms with Gasteiger partial charge in [-0.15, -0.1) is 0 Å². The summed E-state index contributed by atoms with van der Waals surface area (Å²) in [6, 6.07) is 6.05. The summed E-state index contributed by atoms with van der Waals surface area (Å²) in [7, 11) is 0. The van der Waals surface area contributed by atoms with Gasteiger partial charge in [-0.1, -0.05) is 28.1 Å². The summed E-state index contributed by atoms with van der Waals surface area (Å²) in [6.07, 6.45) is 0.407. The van der Waals surface area contributed by atoms with E-state index in [-0.39, 0.29) is 5.75 Å².